The van der Waals surface area contributed by atoms with Gasteiger partial charge in [0.2, 0.25) is 5.91 Å². The van der Waals surface area contributed by atoms with Crippen LogP contribution in [0, 0.1) is 0 Å². The van der Waals surface area contributed by atoms with E-state index in [1.165, 1.54) is 7.11 Å². The number of amides is 1. The summed E-state index contributed by atoms with van der Waals surface area (Å²) < 4.78 is 8.84. The molecule has 0 radical (unpaired) electrons. The molecule has 1 aromatic carbocycles. The highest BCUT2D eigenvalue weighted by atomic mass is 16.7. The van der Waals surface area contributed by atoms with Gasteiger partial charge in [0.15, 0.2) is 0 Å². The zero-order chi connectivity index (χ0) is 13.4. The standard InChI is InChI=1S/C12H16N2O4/c1-17-12(16)18-8-10(13)11(15)14-7-9-5-3-2-4-6-9/h2-6,10H,7-8,13H2,1H3,(H,14,15). The van der Waals surface area contributed by atoms with Gasteiger partial charge in [-0.25, -0.2) is 4.79 Å². The molecule has 1 atom stereocenters. The van der Waals surface area contributed by atoms with Crippen LogP contribution < -0.4 is 11.1 Å². The molecule has 0 saturated carbocycles. The maximum Gasteiger partial charge on any atom is 0.508 e. The van der Waals surface area contributed by atoms with Gasteiger partial charge in [-0.2, -0.15) is 0 Å². The van der Waals surface area contributed by atoms with Crippen LogP contribution in [-0.4, -0.2) is 31.8 Å². The van der Waals surface area contributed by atoms with Crippen molar-refractivity contribution in [2.45, 2.75) is 12.6 Å². The largest absolute Gasteiger partial charge is 0.508 e. The third kappa shape index (κ3) is 4.84. The number of hydrogen-bond acceptors (Lipinski definition) is 5. The highest BCUT2D eigenvalue weighted by molar-refractivity contribution is 5.81. The van der Waals surface area contributed by atoms with Gasteiger partial charge in [0.05, 0.1) is 7.11 Å². The van der Waals surface area contributed by atoms with Crippen molar-refractivity contribution in [2.75, 3.05) is 13.7 Å². The van der Waals surface area contributed by atoms with E-state index >= 15 is 0 Å². The first-order valence-corrected chi connectivity index (χ1v) is 5.41. The van der Waals surface area contributed by atoms with Crippen molar-refractivity contribution in [3.05, 3.63) is 35.9 Å². The summed E-state index contributed by atoms with van der Waals surface area (Å²) in [6.07, 6.45) is -0.860. The molecule has 1 rings (SSSR count). The summed E-state index contributed by atoms with van der Waals surface area (Å²) in [5, 5.41) is 2.64. The minimum absolute atomic E-state index is 0.215. The molecule has 1 aromatic rings. The highest BCUT2D eigenvalue weighted by Gasteiger charge is 2.15. The molecule has 0 heterocycles. The van der Waals surface area contributed by atoms with Gasteiger partial charge in [-0.05, 0) is 5.56 Å². The van der Waals surface area contributed by atoms with Gasteiger partial charge in [0.1, 0.15) is 12.6 Å². The van der Waals surface area contributed by atoms with E-state index in [4.69, 9.17) is 5.73 Å². The van der Waals surface area contributed by atoms with Gasteiger partial charge in [0.25, 0.3) is 0 Å². The Labute approximate surface area is 105 Å². The molecule has 1 unspecified atom stereocenters. The molecule has 6 nitrogen and oxygen atoms in total. The maximum absolute atomic E-state index is 11.5. The highest BCUT2D eigenvalue weighted by Crippen LogP contribution is 1.97. The third-order valence-electron chi connectivity index (χ3n) is 2.19. The fourth-order valence-corrected chi connectivity index (χ4v) is 1.21. The third-order valence-corrected chi connectivity index (χ3v) is 2.19. The molecule has 0 aromatic heterocycles. The molecule has 98 valence electrons. The molecule has 6 heteroatoms. The first-order valence-electron chi connectivity index (χ1n) is 5.41. The molecule has 0 spiro atoms. The van der Waals surface area contributed by atoms with E-state index in [9.17, 15) is 9.59 Å². The van der Waals surface area contributed by atoms with Crippen LogP contribution in [0.3, 0.4) is 0 Å². The molecule has 18 heavy (non-hydrogen) atoms. The molecule has 0 saturated heterocycles. The molecule has 1 amide bonds. The smallest absolute Gasteiger partial charge is 0.438 e. The number of methoxy groups -OCH3 is 1. The first-order chi connectivity index (χ1) is 8.63. The second-order valence-corrected chi connectivity index (χ2v) is 3.58. The van der Waals surface area contributed by atoms with Crippen LogP contribution in [0.5, 0.6) is 0 Å². The van der Waals surface area contributed by atoms with Crippen molar-refractivity contribution in [3.8, 4) is 0 Å². The summed E-state index contributed by atoms with van der Waals surface area (Å²) in [5.41, 5.74) is 6.50. The van der Waals surface area contributed by atoms with Crippen LogP contribution >= 0.6 is 0 Å². The van der Waals surface area contributed by atoms with Crippen LogP contribution in [0.15, 0.2) is 30.3 Å². The second-order valence-electron chi connectivity index (χ2n) is 3.58. The zero-order valence-electron chi connectivity index (χ0n) is 10.1. The van der Waals surface area contributed by atoms with Gasteiger partial charge < -0.3 is 20.5 Å². The molecule has 0 bridgehead atoms. The summed E-state index contributed by atoms with van der Waals surface area (Å²) in [6.45, 7) is 0.166. The van der Waals surface area contributed by atoms with Crippen LogP contribution in [0.1, 0.15) is 5.56 Å². The first kappa shape index (κ1) is 14.0. The van der Waals surface area contributed by atoms with Crippen LogP contribution in [-0.2, 0) is 20.8 Å². The van der Waals surface area contributed by atoms with Crippen molar-refractivity contribution in [3.63, 3.8) is 0 Å². The number of ether oxygens (including phenoxy) is 2. The van der Waals surface area contributed by atoms with Gasteiger partial charge in [-0.15, -0.1) is 0 Å². The van der Waals surface area contributed by atoms with Gasteiger partial charge in [-0.3, -0.25) is 4.79 Å². The van der Waals surface area contributed by atoms with E-state index < -0.39 is 12.2 Å². The number of nitrogens with two attached hydrogens (primary N) is 1. The molecule has 3 N–H and O–H groups in total. The Bertz CT molecular complexity index is 394. The number of carbonyl (C=O) groups excluding carboxylic acids is 2. The second kappa shape index (κ2) is 7.29. The van der Waals surface area contributed by atoms with Gasteiger partial charge in [0, 0.05) is 6.54 Å². The summed E-state index contributed by atoms with van der Waals surface area (Å²) in [6, 6.07) is 8.51. The van der Waals surface area contributed by atoms with Crippen molar-refractivity contribution in [1.82, 2.24) is 5.32 Å². The Balaban J connectivity index is 2.30. The molecular formula is C12H16N2O4. The van der Waals surface area contributed by atoms with E-state index in [1.807, 2.05) is 30.3 Å². The van der Waals surface area contributed by atoms with Gasteiger partial charge in [-0.1, -0.05) is 30.3 Å². The SMILES string of the molecule is COC(=O)OCC(N)C(=O)NCc1ccccc1. The quantitative estimate of drug-likeness (QED) is 0.741. The minimum atomic E-state index is -0.909. The Hall–Kier alpha value is -2.08. The average Bonchev–Trinajstić information content (AvgIpc) is 2.42. The van der Waals surface area contributed by atoms with E-state index in [0.717, 1.165) is 5.56 Å². The zero-order valence-corrected chi connectivity index (χ0v) is 10.1. The summed E-state index contributed by atoms with van der Waals surface area (Å²) in [5.74, 6) is -0.386. The van der Waals surface area contributed by atoms with E-state index in [0.29, 0.717) is 6.54 Å². The van der Waals surface area contributed by atoms with Crippen LogP contribution in [0.2, 0.25) is 0 Å². The number of carbonyl (C=O) groups is 2. The van der Waals surface area contributed by atoms with Crippen LogP contribution in [0.4, 0.5) is 4.79 Å². The summed E-state index contributed by atoms with van der Waals surface area (Å²) >= 11 is 0. The number of rotatable bonds is 5. The van der Waals surface area contributed by atoms with E-state index in [1.54, 1.807) is 0 Å². The Kier molecular flexibility index (Phi) is 5.66. The Morgan fingerprint density at radius 3 is 2.61 bits per heavy atom. The Morgan fingerprint density at radius 2 is 2.00 bits per heavy atom. The molecule has 0 aliphatic carbocycles. The lowest BCUT2D eigenvalue weighted by Crippen LogP contribution is -2.43. The van der Waals surface area contributed by atoms with Crippen molar-refractivity contribution < 1.29 is 19.1 Å². The average molecular weight is 252 g/mol. The van der Waals surface area contributed by atoms with E-state index in [-0.39, 0.29) is 12.5 Å². The topological polar surface area (TPSA) is 90.7 Å². The summed E-state index contributed by atoms with van der Waals surface area (Å²) in [4.78, 5) is 22.2. The van der Waals surface area contributed by atoms with Gasteiger partial charge >= 0.3 is 6.16 Å². The lowest BCUT2D eigenvalue weighted by molar-refractivity contribution is -0.123. The fourth-order valence-electron chi connectivity index (χ4n) is 1.21. The fraction of sp³-hybridized carbons (Fsp3) is 0.333. The number of hydrogen-bond donors (Lipinski definition) is 2. The lowest BCUT2D eigenvalue weighted by Gasteiger charge is -2.12. The predicted molar refractivity (Wildman–Crippen MR) is 64.6 cm³/mol. The van der Waals surface area contributed by atoms with E-state index in [2.05, 4.69) is 14.8 Å². The van der Waals surface area contributed by atoms with Crippen molar-refractivity contribution in [1.29, 1.82) is 0 Å². The monoisotopic (exact) mass is 252 g/mol. The van der Waals surface area contributed by atoms with Crippen molar-refractivity contribution in [2.24, 2.45) is 5.73 Å². The molecule has 0 fully saturated rings. The van der Waals surface area contributed by atoms with Crippen molar-refractivity contribution >= 4 is 12.1 Å². The normalized spacial score (nSPS) is 11.4. The summed E-state index contributed by atoms with van der Waals surface area (Å²) in [7, 11) is 1.18. The van der Waals surface area contributed by atoms with Crippen LogP contribution in [0.25, 0.3) is 0 Å². The maximum atomic E-state index is 11.5. The number of nitrogens with one attached hydrogen (secondary N) is 1. The molecule has 0 aliphatic rings. The Morgan fingerprint density at radius 1 is 1.33 bits per heavy atom. The molecular weight excluding hydrogens is 236 g/mol. The molecule has 0 aliphatic heterocycles. The minimum Gasteiger partial charge on any atom is -0.438 e. The number of benzene rings is 1. The predicted octanol–water partition coefficient (Wildman–Crippen LogP) is 0.413. The lowest BCUT2D eigenvalue weighted by atomic mass is 10.2.